The zero-order chi connectivity index (χ0) is 22.0. The van der Waals surface area contributed by atoms with E-state index in [0.29, 0.717) is 16.3 Å². The number of carboxylic acid groups (broad SMARTS) is 1. The minimum absolute atomic E-state index is 0.0281. The molecule has 0 amide bonds. The van der Waals surface area contributed by atoms with E-state index in [-0.39, 0.29) is 22.9 Å². The predicted octanol–water partition coefficient (Wildman–Crippen LogP) is 4.37. The minimum Gasteiger partial charge on any atom is -0.508 e. The minimum atomic E-state index is -1.12. The first-order valence-electron chi connectivity index (χ1n) is 9.31. The Hall–Kier alpha value is -3.32. The van der Waals surface area contributed by atoms with Gasteiger partial charge in [-0.1, -0.05) is 11.6 Å². The number of benzene rings is 2. The second kappa shape index (κ2) is 8.59. The number of aromatic hydroxyl groups is 2. The quantitative estimate of drug-likeness (QED) is 0.482. The van der Waals surface area contributed by atoms with Gasteiger partial charge in [0, 0.05) is 40.0 Å². The van der Waals surface area contributed by atoms with E-state index >= 15 is 0 Å². The van der Waals surface area contributed by atoms with Gasteiger partial charge in [0.25, 0.3) is 0 Å². The maximum atomic E-state index is 12.9. The zero-order valence-electron chi connectivity index (χ0n) is 16.4. The maximum absolute atomic E-state index is 12.9. The van der Waals surface area contributed by atoms with E-state index in [1.54, 1.807) is 22.9 Å². The third kappa shape index (κ3) is 4.16. The lowest BCUT2D eigenvalue weighted by atomic mass is 9.87. The molecule has 0 unspecified atom stereocenters. The van der Waals surface area contributed by atoms with Crippen LogP contribution < -0.4 is 0 Å². The van der Waals surface area contributed by atoms with Crippen molar-refractivity contribution < 1.29 is 24.9 Å². The van der Waals surface area contributed by atoms with Crippen LogP contribution in [0.15, 0.2) is 48.7 Å². The van der Waals surface area contributed by atoms with Crippen LogP contribution in [-0.2, 0) is 4.79 Å². The zero-order valence-corrected chi connectivity index (χ0v) is 17.2. The van der Waals surface area contributed by atoms with Gasteiger partial charge >= 0.3 is 5.97 Å². The van der Waals surface area contributed by atoms with Gasteiger partial charge in [0.1, 0.15) is 11.5 Å². The number of carbonyl (C=O) groups excluding carboxylic acids is 1. The summed E-state index contributed by atoms with van der Waals surface area (Å²) in [4.78, 5) is 24.5. The molecule has 1 aromatic heterocycles. The van der Waals surface area contributed by atoms with Gasteiger partial charge in [-0.15, -0.1) is 0 Å². The highest BCUT2D eigenvalue weighted by Crippen LogP contribution is 2.42. The Morgan fingerprint density at radius 2 is 1.73 bits per heavy atom. The van der Waals surface area contributed by atoms with Gasteiger partial charge < -0.3 is 15.3 Å². The summed E-state index contributed by atoms with van der Waals surface area (Å²) in [5.74, 6) is -3.27. The topological polar surface area (TPSA) is 113 Å². The molecule has 0 bridgehead atoms. The molecule has 8 heteroatoms. The molecule has 3 aromatic rings. The molecule has 0 saturated carbocycles. The van der Waals surface area contributed by atoms with Gasteiger partial charge in [-0.2, -0.15) is 5.10 Å². The molecular weight excluding hydrogens is 408 g/mol. The van der Waals surface area contributed by atoms with Crippen LogP contribution in [-0.4, -0.2) is 36.9 Å². The van der Waals surface area contributed by atoms with Crippen molar-refractivity contribution in [1.29, 1.82) is 0 Å². The first kappa shape index (κ1) is 21.4. The lowest BCUT2D eigenvalue weighted by Crippen LogP contribution is -2.16. The van der Waals surface area contributed by atoms with Crippen LogP contribution in [0.1, 0.15) is 59.4 Å². The number of phenols is 2. The van der Waals surface area contributed by atoms with Gasteiger partial charge in [-0.3, -0.25) is 14.3 Å². The van der Waals surface area contributed by atoms with Crippen LogP contribution in [0.2, 0.25) is 5.02 Å². The third-order valence-corrected chi connectivity index (χ3v) is 5.07. The van der Waals surface area contributed by atoms with E-state index in [1.165, 1.54) is 30.5 Å². The second-order valence-corrected chi connectivity index (χ2v) is 7.61. The van der Waals surface area contributed by atoms with E-state index in [9.17, 15) is 24.9 Å². The number of carbonyl (C=O) groups is 2. The average Bonchev–Trinajstić information content (AvgIpc) is 3.17. The molecule has 0 fully saturated rings. The van der Waals surface area contributed by atoms with Crippen molar-refractivity contribution in [3.05, 3.63) is 76.1 Å². The molecular formula is C22H21ClN2O5. The highest BCUT2D eigenvalue weighted by Gasteiger charge is 2.30. The Kier molecular flexibility index (Phi) is 6.12. The van der Waals surface area contributed by atoms with E-state index in [1.807, 2.05) is 13.8 Å². The Balaban J connectivity index is 2.16. The fraction of sp³-hybridized carbons (Fsp3) is 0.227. The van der Waals surface area contributed by atoms with Gasteiger partial charge in [-0.05, 0) is 56.3 Å². The Labute approximate surface area is 178 Å². The molecule has 156 valence electrons. The molecule has 2 aromatic carbocycles. The van der Waals surface area contributed by atoms with Gasteiger partial charge in [0.2, 0.25) is 0 Å². The Morgan fingerprint density at radius 3 is 2.33 bits per heavy atom. The fourth-order valence-corrected chi connectivity index (χ4v) is 3.57. The number of aliphatic carboxylic acids is 1. The lowest BCUT2D eigenvalue weighted by Gasteiger charge is -2.22. The molecule has 0 aliphatic rings. The number of carboxylic acids is 1. The largest absolute Gasteiger partial charge is 0.508 e. The van der Waals surface area contributed by atoms with Crippen LogP contribution in [0, 0.1) is 0 Å². The lowest BCUT2D eigenvalue weighted by molar-refractivity contribution is -0.137. The van der Waals surface area contributed by atoms with Crippen molar-refractivity contribution in [2.75, 3.05) is 0 Å². The summed E-state index contributed by atoms with van der Waals surface area (Å²) in [6.07, 6.45) is 1.12. The van der Waals surface area contributed by atoms with Crippen molar-refractivity contribution in [3.63, 3.8) is 0 Å². The Morgan fingerprint density at radius 1 is 1.07 bits per heavy atom. The molecule has 30 heavy (non-hydrogen) atoms. The monoisotopic (exact) mass is 428 g/mol. The van der Waals surface area contributed by atoms with Crippen LogP contribution in [0.5, 0.6) is 11.5 Å². The highest BCUT2D eigenvalue weighted by atomic mass is 35.5. The third-order valence-electron chi connectivity index (χ3n) is 4.82. The molecule has 0 aliphatic heterocycles. The molecule has 0 spiro atoms. The predicted molar refractivity (Wildman–Crippen MR) is 111 cm³/mol. The van der Waals surface area contributed by atoms with Crippen molar-refractivity contribution in [3.8, 4) is 11.5 Å². The summed E-state index contributed by atoms with van der Waals surface area (Å²) in [7, 11) is 0. The molecule has 7 nitrogen and oxygen atoms in total. The number of aromatic nitrogens is 2. The standard InChI is InChI=1S/C22H21ClN2O5/c1-12(2)25-17(9-10-24-25)16(11-19(27)28)20-18(26)8-7-15(22(20)30)21(29)13-3-5-14(23)6-4-13/h3-10,12,16,26,30H,11H2,1-2H3,(H,27,28)/t16-/m0/s1. The van der Waals surface area contributed by atoms with Gasteiger partial charge in [0.15, 0.2) is 5.78 Å². The SMILES string of the molecule is CC(C)n1nccc1[C@H](CC(=O)O)c1c(O)ccc(C(=O)c2ccc(Cl)cc2)c1O. The number of ketones is 1. The fourth-order valence-electron chi connectivity index (χ4n) is 3.44. The van der Waals surface area contributed by atoms with Crippen molar-refractivity contribution in [2.24, 2.45) is 0 Å². The van der Waals surface area contributed by atoms with Crippen LogP contribution in [0.25, 0.3) is 0 Å². The number of rotatable bonds is 7. The van der Waals surface area contributed by atoms with Crippen LogP contribution in [0.4, 0.5) is 0 Å². The number of phenolic OH excluding ortho intramolecular Hbond substituents is 2. The van der Waals surface area contributed by atoms with Crippen LogP contribution >= 0.6 is 11.6 Å². The average molecular weight is 429 g/mol. The smallest absolute Gasteiger partial charge is 0.304 e. The van der Waals surface area contributed by atoms with Crippen molar-refractivity contribution in [2.45, 2.75) is 32.2 Å². The first-order valence-corrected chi connectivity index (χ1v) is 9.68. The van der Waals surface area contributed by atoms with Crippen LogP contribution in [0.3, 0.4) is 0 Å². The van der Waals surface area contributed by atoms with E-state index in [2.05, 4.69) is 5.10 Å². The summed E-state index contributed by atoms with van der Waals surface area (Å²) in [6.45, 7) is 3.77. The van der Waals surface area contributed by atoms with Gasteiger partial charge in [0.05, 0.1) is 12.0 Å². The first-order chi connectivity index (χ1) is 14.2. The molecule has 1 atom stereocenters. The number of halogens is 1. The summed E-state index contributed by atoms with van der Waals surface area (Å²) in [5, 5.41) is 35.6. The summed E-state index contributed by atoms with van der Waals surface area (Å²) in [5.41, 5.74) is 0.734. The second-order valence-electron chi connectivity index (χ2n) is 7.18. The molecule has 0 radical (unpaired) electrons. The number of nitrogens with zero attached hydrogens (tertiary/aromatic N) is 2. The number of hydrogen-bond donors (Lipinski definition) is 3. The normalized spacial score (nSPS) is 12.1. The van der Waals surface area contributed by atoms with E-state index in [4.69, 9.17) is 11.6 Å². The van der Waals surface area contributed by atoms with E-state index < -0.39 is 29.8 Å². The number of hydrogen-bond acceptors (Lipinski definition) is 5. The Bertz CT molecular complexity index is 1090. The molecule has 1 heterocycles. The highest BCUT2D eigenvalue weighted by molar-refractivity contribution is 6.30. The summed E-state index contributed by atoms with van der Waals surface area (Å²) < 4.78 is 1.63. The van der Waals surface area contributed by atoms with Crippen molar-refractivity contribution >= 4 is 23.4 Å². The molecule has 0 aliphatic carbocycles. The molecule has 3 rings (SSSR count). The summed E-state index contributed by atoms with van der Waals surface area (Å²) >= 11 is 5.87. The molecule has 0 saturated heterocycles. The maximum Gasteiger partial charge on any atom is 0.304 e. The molecule has 3 N–H and O–H groups in total. The summed E-state index contributed by atoms with van der Waals surface area (Å²) in [6, 6.07) is 10.3. The van der Waals surface area contributed by atoms with E-state index in [0.717, 1.165) is 0 Å². The van der Waals surface area contributed by atoms with Crippen molar-refractivity contribution in [1.82, 2.24) is 9.78 Å². The van der Waals surface area contributed by atoms with Gasteiger partial charge in [-0.25, -0.2) is 0 Å².